The summed E-state index contributed by atoms with van der Waals surface area (Å²) in [6, 6.07) is 1.76. The Morgan fingerprint density at radius 1 is 1.44 bits per heavy atom. The van der Waals surface area contributed by atoms with Gasteiger partial charge >= 0.3 is 0 Å². The molecule has 0 amide bonds. The van der Waals surface area contributed by atoms with Crippen molar-refractivity contribution >= 4 is 17.4 Å². The summed E-state index contributed by atoms with van der Waals surface area (Å²) in [4.78, 5) is 8.29. The van der Waals surface area contributed by atoms with Crippen LogP contribution in [0.5, 0.6) is 0 Å². The maximum Gasteiger partial charge on any atom is 0.134 e. The first-order chi connectivity index (χ1) is 7.74. The van der Waals surface area contributed by atoms with Crippen LogP contribution in [0.25, 0.3) is 0 Å². The zero-order chi connectivity index (χ0) is 11.4. The van der Waals surface area contributed by atoms with Crippen LogP contribution in [0.2, 0.25) is 5.15 Å². The van der Waals surface area contributed by atoms with Crippen LogP contribution in [0.3, 0.4) is 0 Å². The van der Waals surface area contributed by atoms with Crippen molar-refractivity contribution in [2.24, 2.45) is 0 Å². The number of aryl methyl sites for hydroxylation is 1. The largest absolute Gasteiger partial charge is 0.370 e. The molecule has 2 rings (SSSR count). The van der Waals surface area contributed by atoms with Gasteiger partial charge in [-0.1, -0.05) is 23.3 Å². The van der Waals surface area contributed by atoms with Gasteiger partial charge in [-0.3, -0.25) is 0 Å². The van der Waals surface area contributed by atoms with Gasteiger partial charge in [-0.15, -0.1) is 0 Å². The van der Waals surface area contributed by atoms with Crippen LogP contribution in [0.1, 0.15) is 31.5 Å². The topological polar surface area (TPSA) is 37.8 Å². The molecule has 0 bridgehead atoms. The van der Waals surface area contributed by atoms with Crippen LogP contribution >= 0.6 is 11.6 Å². The van der Waals surface area contributed by atoms with Crippen molar-refractivity contribution in [3.8, 4) is 0 Å². The fourth-order valence-electron chi connectivity index (χ4n) is 1.94. The first-order valence-electron chi connectivity index (χ1n) is 5.67. The van der Waals surface area contributed by atoms with Crippen molar-refractivity contribution in [1.29, 1.82) is 0 Å². The van der Waals surface area contributed by atoms with Crippen LogP contribution in [0, 0.1) is 6.92 Å². The lowest BCUT2D eigenvalue weighted by molar-refractivity contribution is 0.860. The second-order valence-electron chi connectivity index (χ2n) is 4.05. The van der Waals surface area contributed by atoms with E-state index in [9.17, 15) is 0 Å². The molecule has 0 unspecified atom stereocenters. The zero-order valence-electron chi connectivity index (χ0n) is 9.46. The molecular formula is C12H16ClN3. The molecule has 0 atom stereocenters. The molecule has 0 spiro atoms. The number of rotatable bonds is 4. The van der Waals surface area contributed by atoms with E-state index in [1.807, 2.05) is 6.92 Å². The van der Waals surface area contributed by atoms with E-state index in [1.54, 1.807) is 11.6 Å². The number of hydrogen-bond acceptors (Lipinski definition) is 3. The Balaban J connectivity index is 1.84. The molecule has 1 aromatic rings. The Morgan fingerprint density at radius 3 is 3.00 bits per heavy atom. The summed E-state index contributed by atoms with van der Waals surface area (Å²) in [5.41, 5.74) is 1.56. The van der Waals surface area contributed by atoms with Crippen molar-refractivity contribution in [2.45, 2.75) is 32.6 Å². The molecule has 1 N–H and O–H groups in total. The van der Waals surface area contributed by atoms with Crippen molar-refractivity contribution in [1.82, 2.24) is 9.97 Å². The summed E-state index contributed by atoms with van der Waals surface area (Å²) in [6.07, 6.45) is 7.26. The predicted molar refractivity (Wildman–Crippen MR) is 66.8 cm³/mol. The van der Waals surface area contributed by atoms with Crippen LogP contribution in [-0.4, -0.2) is 16.5 Å². The fraction of sp³-hybridized carbons (Fsp3) is 0.500. The number of hydrogen-bond donors (Lipinski definition) is 1. The van der Waals surface area contributed by atoms with Gasteiger partial charge in [0.05, 0.1) is 0 Å². The Morgan fingerprint density at radius 2 is 2.31 bits per heavy atom. The Labute approximate surface area is 101 Å². The van der Waals surface area contributed by atoms with Crippen molar-refractivity contribution in [3.05, 3.63) is 28.7 Å². The maximum atomic E-state index is 5.85. The van der Waals surface area contributed by atoms with Gasteiger partial charge in [0.1, 0.15) is 16.8 Å². The second kappa shape index (κ2) is 5.30. The van der Waals surface area contributed by atoms with Gasteiger partial charge in [-0.25, -0.2) is 9.97 Å². The van der Waals surface area contributed by atoms with Gasteiger partial charge in [-0.2, -0.15) is 0 Å². The molecule has 16 heavy (non-hydrogen) atoms. The lowest BCUT2D eigenvalue weighted by atomic mass is 10.2. The lowest BCUT2D eigenvalue weighted by Crippen LogP contribution is -2.05. The van der Waals surface area contributed by atoms with Crippen LogP contribution < -0.4 is 5.32 Å². The van der Waals surface area contributed by atoms with E-state index in [0.717, 1.165) is 18.8 Å². The molecule has 0 radical (unpaired) electrons. The highest BCUT2D eigenvalue weighted by Crippen LogP contribution is 2.20. The minimum Gasteiger partial charge on any atom is -0.370 e. The first-order valence-corrected chi connectivity index (χ1v) is 6.05. The molecule has 0 saturated heterocycles. The summed E-state index contributed by atoms with van der Waals surface area (Å²) in [6.45, 7) is 2.76. The second-order valence-corrected chi connectivity index (χ2v) is 4.44. The van der Waals surface area contributed by atoms with Crippen LogP contribution in [0.4, 0.5) is 5.82 Å². The van der Waals surface area contributed by atoms with E-state index >= 15 is 0 Å². The van der Waals surface area contributed by atoms with Crippen LogP contribution in [-0.2, 0) is 0 Å². The quantitative estimate of drug-likeness (QED) is 0.645. The SMILES string of the molecule is Cc1nc(Cl)cc(NCCC2=CCCC2)n1. The summed E-state index contributed by atoms with van der Waals surface area (Å²) < 4.78 is 0. The fourth-order valence-corrected chi connectivity index (χ4v) is 2.16. The van der Waals surface area contributed by atoms with E-state index in [-0.39, 0.29) is 0 Å². The third-order valence-corrected chi connectivity index (χ3v) is 2.89. The van der Waals surface area contributed by atoms with Gasteiger partial charge in [0.25, 0.3) is 0 Å². The molecule has 1 heterocycles. The van der Waals surface area contributed by atoms with E-state index in [4.69, 9.17) is 11.6 Å². The van der Waals surface area contributed by atoms with Crippen LogP contribution in [0.15, 0.2) is 17.7 Å². The molecular weight excluding hydrogens is 222 g/mol. The molecule has 3 nitrogen and oxygen atoms in total. The third-order valence-electron chi connectivity index (χ3n) is 2.69. The van der Waals surface area contributed by atoms with E-state index in [1.165, 1.54) is 19.3 Å². The summed E-state index contributed by atoms with van der Waals surface area (Å²) in [7, 11) is 0. The lowest BCUT2D eigenvalue weighted by Gasteiger charge is -2.06. The number of allylic oxidation sites excluding steroid dienone is 1. The number of nitrogens with zero attached hydrogens (tertiary/aromatic N) is 2. The number of aromatic nitrogens is 2. The first kappa shape index (κ1) is 11.4. The highest BCUT2D eigenvalue weighted by molar-refractivity contribution is 6.29. The molecule has 4 heteroatoms. The smallest absolute Gasteiger partial charge is 0.134 e. The highest BCUT2D eigenvalue weighted by atomic mass is 35.5. The standard InChI is InChI=1S/C12H16ClN3/c1-9-15-11(13)8-12(16-9)14-7-6-10-4-2-3-5-10/h4,8H,2-3,5-7H2,1H3,(H,14,15,16). The Bertz CT molecular complexity index is 381. The van der Waals surface area contributed by atoms with Gasteiger partial charge in [0.2, 0.25) is 0 Å². The van der Waals surface area contributed by atoms with Crippen molar-refractivity contribution < 1.29 is 0 Å². The average molecular weight is 238 g/mol. The van der Waals surface area contributed by atoms with Crippen molar-refractivity contribution in [2.75, 3.05) is 11.9 Å². The molecule has 0 aromatic carbocycles. The average Bonchev–Trinajstić information content (AvgIpc) is 2.69. The zero-order valence-corrected chi connectivity index (χ0v) is 10.2. The molecule has 86 valence electrons. The van der Waals surface area contributed by atoms with E-state index in [0.29, 0.717) is 11.0 Å². The number of nitrogens with one attached hydrogen (secondary N) is 1. The summed E-state index contributed by atoms with van der Waals surface area (Å²) >= 11 is 5.85. The highest BCUT2D eigenvalue weighted by Gasteiger charge is 2.04. The maximum absolute atomic E-state index is 5.85. The van der Waals surface area contributed by atoms with Gasteiger partial charge in [0, 0.05) is 12.6 Å². The summed E-state index contributed by atoms with van der Waals surface area (Å²) in [5.74, 6) is 1.52. The monoisotopic (exact) mass is 237 g/mol. The predicted octanol–water partition coefficient (Wildman–Crippen LogP) is 3.35. The molecule has 1 aliphatic rings. The molecule has 1 aromatic heterocycles. The Kier molecular flexibility index (Phi) is 3.78. The molecule has 0 saturated carbocycles. The van der Waals surface area contributed by atoms with E-state index < -0.39 is 0 Å². The third kappa shape index (κ3) is 3.20. The Hall–Kier alpha value is -1.09. The number of halogens is 1. The molecule has 1 aliphatic carbocycles. The van der Waals surface area contributed by atoms with Gasteiger partial charge in [0.15, 0.2) is 0 Å². The normalized spacial score (nSPS) is 15.0. The minimum absolute atomic E-state index is 0.495. The minimum atomic E-state index is 0.495. The van der Waals surface area contributed by atoms with Crippen molar-refractivity contribution in [3.63, 3.8) is 0 Å². The van der Waals surface area contributed by atoms with Gasteiger partial charge < -0.3 is 5.32 Å². The molecule has 0 fully saturated rings. The summed E-state index contributed by atoms with van der Waals surface area (Å²) in [5, 5.41) is 3.77. The van der Waals surface area contributed by atoms with E-state index in [2.05, 4.69) is 21.4 Å². The van der Waals surface area contributed by atoms with Gasteiger partial charge in [-0.05, 0) is 32.6 Å². The number of anilines is 1. The molecule has 0 aliphatic heterocycles.